The van der Waals surface area contributed by atoms with Crippen molar-refractivity contribution >= 4 is 23.5 Å². The highest BCUT2D eigenvalue weighted by atomic mass is 32.2. The van der Waals surface area contributed by atoms with Gasteiger partial charge in [0.25, 0.3) is 0 Å². The van der Waals surface area contributed by atoms with E-state index in [-0.39, 0.29) is 6.03 Å². The van der Waals surface area contributed by atoms with Crippen molar-refractivity contribution in [3.05, 3.63) is 24.3 Å². The van der Waals surface area contributed by atoms with E-state index in [0.29, 0.717) is 12.0 Å². The molecule has 0 aliphatic heterocycles. The van der Waals surface area contributed by atoms with Crippen LogP contribution in [0.25, 0.3) is 0 Å². The van der Waals surface area contributed by atoms with Crippen molar-refractivity contribution in [3.8, 4) is 0 Å². The quantitative estimate of drug-likeness (QED) is 0.817. The minimum Gasteiger partial charge on any atom is -0.335 e. The summed E-state index contributed by atoms with van der Waals surface area (Å²) >= 11 is 1.67. The van der Waals surface area contributed by atoms with Crippen LogP contribution in [0.15, 0.2) is 29.2 Å². The third kappa shape index (κ3) is 4.16. The second-order valence-corrected chi connectivity index (χ2v) is 6.08. The van der Waals surface area contributed by atoms with E-state index >= 15 is 0 Å². The van der Waals surface area contributed by atoms with E-state index in [4.69, 9.17) is 0 Å². The van der Waals surface area contributed by atoms with Gasteiger partial charge in [-0.25, -0.2) is 4.79 Å². The van der Waals surface area contributed by atoms with E-state index in [1.54, 1.807) is 11.8 Å². The minimum absolute atomic E-state index is 0.0861. The molecule has 0 spiro atoms. The summed E-state index contributed by atoms with van der Waals surface area (Å²) in [4.78, 5) is 13.2. The van der Waals surface area contributed by atoms with E-state index in [1.165, 1.54) is 19.3 Å². The summed E-state index contributed by atoms with van der Waals surface area (Å²) in [6.45, 7) is 2.22. The number of benzene rings is 1. The van der Waals surface area contributed by atoms with Crippen molar-refractivity contribution in [3.63, 3.8) is 0 Å². The first-order valence-corrected chi connectivity index (χ1v) is 8.13. The van der Waals surface area contributed by atoms with Crippen LogP contribution < -0.4 is 10.6 Å². The average molecular weight is 278 g/mol. The molecule has 19 heavy (non-hydrogen) atoms. The summed E-state index contributed by atoms with van der Waals surface area (Å²) < 4.78 is 0. The molecule has 0 aromatic heterocycles. The molecule has 1 aliphatic carbocycles. The molecule has 4 heteroatoms. The van der Waals surface area contributed by atoms with E-state index < -0.39 is 0 Å². The molecule has 0 heterocycles. The van der Waals surface area contributed by atoms with Crippen LogP contribution in [0.4, 0.5) is 10.5 Å². The number of hydrogen-bond acceptors (Lipinski definition) is 2. The van der Waals surface area contributed by atoms with Crippen LogP contribution in [0.1, 0.15) is 32.6 Å². The molecule has 1 aromatic carbocycles. The Hall–Kier alpha value is -1.16. The molecule has 2 amide bonds. The van der Waals surface area contributed by atoms with E-state index in [1.807, 2.05) is 30.5 Å². The van der Waals surface area contributed by atoms with Crippen LogP contribution in [-0.4, -0.2) is 18.3 Å². The summed E-state index contributed by atoms with van der Waals surface area (Å²) in [5, 5.41) is 6.02. The van der Waals surface area contributed by atoms with E-state index in [0.717, 1.165) is 17.0 Å². The molecule has 0 saturated heterocycles. The van der Waals surface area contributed by atoms with Gasteiger partial charge < -0.3 is 10.6 Å². The number of anilines is 1. The number of urea groups is 1. The molecule has 104 valence electrons. The predicted molar refractivity (Wildman–Crippen MR) is 81.8 cm³/mol. The molecule has 0 bridgehead atoms. The van der Waals surface area contributed by atoms with Crippen LogP contribution in [0.3, 0.4) is 0 Å². The number of carbonyl (C=O) groups is 1. The molecule has 0 unspecified atom stereocenters. The fraction of sp³-hybridized carbons (Fsp3) is 0.533. The standard InChI is InChI=1S/C15H22N2OS/c1-11-6-3-4-9-14(11)17-15(18)16-12-7-5-8-13(10-12)19-2/h5,7-8,10-11,14H,3-4,6,9H2,1-2H3,(H2,16,17,18)/t11-,14-/m1/s1. The van der Waals surface area contributed by atoms with Crippen LogP contribution in [0.2, 0.25) is 0 Å². The molecule has 2 atom stereocenters. The summed E-state index contributed by atoms with van der Waals surface area (Å²) in [5.41, 5.74) is 0.854. The lowest BCUT2D eigenvalue weighted by atomic mass is 9.86. The van der Waals surface area contributed by atoms with Crippen LogP contribution in [-0.2, 0) is 0 Å². The Bertz CT molecular complexity index is 436. The van der Waals surface area contributed by atoms with Gasteiger partial charge in [-0.1, -0.05) is 25.8 Å². The molecule has 3 nitrogen and oxygen atoms in total. The average Bonchev–Trinajstić information content (AvgIpc) is 2.41. The lowest BCUT2D eigenvalue weighted by Crippen LogP contribution is -2.43. The third-order valence-corrected chi connectivity index (χ3v) is 4.48. The van der Waals surface area contributed by atoms with Gasteiger partial charge in [-0.15, -0.1) is 11.8 Å². The molecule has 2 N–H and O–H groups in total. The number of amides is 2. The molecular weight excluding hydrogens is 256 g/mol. The van der Waals surface area contributed by atoms with Gasteiger partial charge >= 0.3 is 6.03 Å². The van der Waals surface area contributed by atoms with Crippen LogP contribution >= 0.6 is 11.8 Å². The van der Waals surface area contributed by atoms with Crippen LogP contribution in [0.5, 0.6) is 0 Å². The van der Waals surface area contributed by atoms with Gasteiger partial charge in [0.2, 0.25) is 0 Å². The van der Waals surface area contributed by atoms with Crippen molar-refractivity contribution < 1.29 is 4.79 Å². The molecule has 1 fully saturated rings. The Balaban J connectivity index is 1.89. The predicted octanol–water partition coefficient (Wildman–Crippen LogP) is 4.11. The van der Waals surface area contributed by atoms with Crippen LogP contribution in [0, 0.1) is 5.92 Å². The SMILES string of the molecule is CSc1cccc(NC(=O)N[C@@H]2CCCC[C@H]2C)c1. The second-order valence-electron chi connectivity index (χ2n) is 5.20. The second kappa shape index (κ2) is 6.85. The highest BCUT2D eigenvalue weighted by Gasteiger charge is 2.22. The zero-order chi connectivity index (χ0) is 13.7. The van der Waals surface area contributed by atoms with Gasteiger partial charge in [0.1, 0.15) is 0 Å². The zero-order valence-corrected chi connectivity index (χ0v) is 12.4. The summed E-state index contributed by atoms with van der Waals surface area (Å²) in [7, 11) is 0. The van der Waals surface area contributed by atoms with E-state index in [2.05, 4.69) is 17.6 Å². The summed E-state index contributed by atoms with van der Waals surface area (Å²) in [6, 6.07) is 8.15. The lowest BCUT2D eigenvalue weighted by molar-refractivity contribution is 0.232. The Kier molecular flexibility index (Phi) is 5.14. The molecule has 1 aromatic rings. The van der Waals surface area contributed by atoms with Gasteiger partial charge in [-0.2, -0.15) is 0 Å². The van der Waals surface area contributed by atoms with Crippen molar-refractivity contribution in [1.82, 2.24) is 5.32 Å². The highest BCUT2D eigenvalue weighted by molar-refractivity contribution is 7.98. The third-order valence-electron chi connectivity index (χ3n) is 3.76. The normalized spacial score (nSPS) is 22.8. The van der Waals surface area contributed by atoms with Gasteiger partial charge in [0.05, 0.1) is 0 Å². The lowest BCUT2D eigenvalue weighted by Gasteiger charge is -2.29. The molecular formula is C15H22N2OS. The fourth-order valence-corrected chi connectivity index (χ4v) is 3.03. The van der Waals surface area contributed by atoms with E-state index in [9.17, 15) is 4.79 Å². The first-order valence-electron chi connectivity index (χ1n) is 6.90. The Morgan fingerprint density at radius 1 is 1.32 bits per heavy atom. The highest BCUT2D eigenvalue weighted by Crippen LogP contribution is 2.24. The zero-order valence-electron chi connectivity index (χ0n) is 11.6. The number of carbonyl (C=O) groups excluding carboxylic acids is 1. The van der Waals surface area contributed by atoms with Gasteiger partial charge in [-0.3, -0.25) is 0 Å². The topological polar surface area (TPSA) is 41.1 Å². The first-order chi connectivity index (χ1) is 9.19. The monoisotopic (exact) mass is 278 g/mol. The molecule has 0 radical (unpaired) electrons. The number of rotatable bonds is 3. The van der Waals surface area contributed by atoms with Gasteiger partial charge in [0, 0.05) is 16.6 Å². The largest absolute Gasteiger partial charge is 0.335 e. The molecule has 2 rings (SSSR count). The minimum atomic E-state index is -0.0861. The Morgan fingerprint density at radius 2 is 2.11 bits per heavy atom. The smallest absolute Gasteiger partial charge is 0.319 e. The van der Waals surface area contributed by atoms with Crippen molar-refractivity contribution in [2.24, 2.45) is 5.92 Å². The van der Waals surface area contributed by atoms with Crippen molar-refractivity contribution in [1.29, 1.82) is 0 Å². The summed E-state index contributed by atoms with van der Waals surface area (Å²) in [6.07, 6.45) is 6.85. The number of hydrogen-bond donors (Lipinski definition) is 2. The summed E-state index contributed by atoms with van der Waals surface area (Å²) in [5.74, 6) is 0.581. The number of nitrogens with one attached hydrogen (secondary N) is 2. The van der Waals surface area contributed by atoms with Gasteiger partial charge in [-0.05, 0) is 43.2 Å². The maximum Gasteiger partial charge on any atom is 0.319 e. The van der Waals surface area contributed by atoms with Gasteiger partial charge in [0.15, 0.2) is 0 Å². The number of thioether (sulfide) groups is 1. The maximum absolute atomic E-state index is 12.0. The van der Waals surface area contributed by atoms with Crippen molar-refractivity contribution in [2.75, 3.05) is 11.6 Å². The van der Waals surface area contributed by atoms with Crippen molar-refractivity contribution in [2.45, 2.75) is 43.5 Å². The molecule has 1 saturated carbocycles. The Morgan fingerprint density at radius 3 is 2.84 bits per heavy atom. The molecule has 1 aliphatic rings. The fourth-order valence-electron chi connectivity index (χ4n) is 2.57. The first kappa shape index (κ1) is 14.3. The Labute approximate surface area is 119 Å². The maximum atomic E-state index is 12.0.